The zero-order chi connectivity index (χ0) is 17.7. The summed E-state index contributed by atoms with van der Waals surface area (Å²) in [5.74, 6) is -0.674. The van der Waals surface area contributed by atoms with E-state index >= 15 is 0 Å². The molecule has 0 spiro atoms. The summed E-state index contributed by atoms with van der Waals surface area (Å²) >= 11 is 1.88. The Kier molecular flexibility index (Phi) is 9.35. The second kappa shape index (κ2) is 11.9. The Morgan fingerprint density at radius 3 is 2.20 bits per heavy atom. The van der Waals surface area contributed by atoms with Gasteiger partial charge in [-0.15, -0.1) is 11.3 Å². The van der Waals surface area contributed by atoms with Crippen molar-refractivity contribution in [1.82, 2.24) is 0 Å². The molecule has 0 saturated carbocycles. The predicted octanol–water partition coefficient (Wildman–Crippen LogP) is 6.28. The third-order valence-electron chi connectivity index (χ3n) is 4.55. The molecule has 0 fully saturated rings. The quantitative estimate of drug-likeness (QED) is 0.428. The fraction of sp³-hybridized carbons (Fsp3) is 0.500. The molecule has 0 radical (unpaired) electrons. The van der Waals surface area contributed by atoms with Crippen molar-refractivity contribution in [2.45, 2.75) is 70.6 Å². The van der Waals surface area contributed by atoms with E-state index in [-0.39, 0.29) is 0 Å². The van der Waals surface area contributed by atoms with E-state index in [1.54, 1.807) is 0 Å². The smallest absolute Gasteiger partial charge is 0.303 e. The van der Waals surface area contributed by atoms with E-state index < -0.39 is 5.97 Å². The Morgan fingerprint density at radius 1 is 0.800 bits per heavy atom. The summed E-state index contributed by atoms with van der Waals surface area (Å²) in [5, 5.41) is 10.9. The Morgan fingerprint density at radius 2 is 1.44 bits per heavy atom. The summed E-state index contributed by atoms with van der Waals surface area (Å²) in [6.07, 6.45) is 11.9. The summed E-state index contributed by atoms with van der Waals surface area (Å²) in [4.78, 5) is 11.9. The van der Waals surface area contributed by atoms with Crippen LogP contribution in [0.5, 0.6) is 0 Å². The van der Waals surface area contributed by atoms with E-state index in [1.165, 1.54) is 54.5 Å². The molecule has 2 aromatic rings. The highest BCUT2D eigenvalue weighted by molar-refractivity contribution is 7.10. The van der Waals surface area contributed by atoms with Crippen molar-refractivity contribution in [3.05, 3.63) is 57.8 Å². The van der Waals surface area contributed by atoms with Crippen LogP contribution in [0, 0.1) is 0 Å². The van der Waals surface area contributed by atoms with Crippen LogP contribution in [0.25, 0.3) is 0 Å². The van der Waals surface area contributed by atoms with Crippen LogP contribution in [0.3, 0.4) is 0 Å². The van der Waals surface area contributed by atoms with Crippen molar-refractivity contribution in [2.75, 3.05) is 0 Å². The van der Waals surface area contributed by atoms with Gasteiger partial charge in [-0.1, -0.05) is 49.6 Å². The van der Waals surface area contributed by atoms with Crippen LogP contribution in [0.2, 0.25) is 0 Å². The zero-order valence-corrected chi connectivity index (χ0v) is 15.9. The Hall–Kier alpha value is -1.61. The molecule has 0 saturated heterocycles. The third kappa shape index (κ3) is 8.87. The lowest BCUT2D eigenvalue weighted by Crippen LogP contribution is -1.93. The van der Waals surface area contributed by atoms with Crippen molar-refractivity contribution >= 4 is 17.3 Å². The van der Waals surface area contributed by atoms with Crippen molar-refractivity contribution in [2.24, 2.45) is 0 Å². The SMILES string of the molecule is O=C(O)CCCCCCc1cc(CCCCCc2ccccc2)cs1. The standard InChI is InChI=1S/C22H30O2S/c23-22(24)16-10-2-1-9-15-21-17-20(18-25-21)14-8-4-7-13-19-11-5-3-6-12-19/h3,5-6,11-12,17-18H,1-2,4,7-10,13-16H2,(H,23,24). The highest BCUT2D eigenvalue weighted by Crippen LogP contribution is 2.20. The van der Waals surface area contributed by atoms with Crippen LogP contribution in [0.1, 0.15) is 67.4 Å². The number of carboxylic acid groups (broad SMARTS) is 1. The van der Waals surface area contributed by atoms with Crippen molar-refractivity contribution < 1.29 is 9.90 Å². The molecule has 1 aromatic carbocycles. The lowest BCUT2D eigenvalue weighted by Gasteiger charge is -2.01. The second-order valence-electron chi connectivity index (χ2n) is 6.78. The predicted molar refractivity (Wildman–Crippen MR) is 106 cm³/mol. The van der Waals surface area contributed by atoms with Crippen LogP contribution in [0.4, 0.5) is 0 Å². The van der Waals surface area contributed by atoms with Gasteiger partial charge in [-0.05, 0) is 67.5 Å². The molecule has 0 unspecified atom stereocenters. The lowest BCUT2D eigenvalue weighted by atomic mass is 10.0. The fourth-order valence-corrected chi connectivity index (χ4v) is 4.07. The summed E-state index contributed by atoms with van der Waals surface area (Å²) in [7, 11) is 0. The number of hydrogen-bond acceptors (Lipinski definition) is 2. The van der Waals surface area contributed by atoms with Gasteiger partial charge in [-0.3, -0.25) is 4.79 Å². The largest absolute Gasteiger partial charge is 0.481 e. The zero-order valence-electron chi connectivity index (χ0n) is 15.1. The van der Waals surface area contributed by atoms with Crippen LogP contribution < -0.4 is 0 Å². The molecule has 25 heavy (non-hydrogen) atoms. The first-order valence-electron chi connectivity index (χ1n) is 9.56. The van der Waals surface area contributed by atoms with E-state index in [1.807, 2.05) is 11.3 Å². The molecule has 0 atom stereocenters. The molecule has 1 N–H and O–H groups in total. The van der Waals surface area contributed by atoms with Crippen LogP contribution in [0.15, 0.2) is 41.8 Å². The first-order valence-corrected chi connectivity index (χ1v) is 10.4. The average molecular weight is 359 g/mol. The second-order valence-corrected chi connectivity index (χ2v) is 7.77. The summed E-state index contributed by atoms with van der Waals surface area (Å²) in [6, 6.07) is 13.1. The molecule has 3 heteroatoms. The number of aliphatic carboxylic acids is 1. The highest BCUT2D eigenvalue weighted by Gasteiger charge is 2.02. The van der Waals surface area contributed by atoms with E-state index in [4.69, 9.17) is 5.11 Å². The van der Waals surface area contributed by atoms with Crippen molar-refractivity contribution in [3.8, 4) is 0 Å². The van der Waals surface area contributed by atoms with Gasteiger partial charge in [-0.25, -0.2) is 0 Å². The first-order chi connectivity index (χ1) is 12.2. The number of carbonyl (C=O) groups is 1. The minimum Gasteiger partial charge on any atom is -0.481 e. The van der Waals surface area contributed by atoms with Crippen molar-refractivity contribution in [3.63, 3.8) is 0 Å². The van der Waals surface area contributed by atoms with Gasteiger partial charge in [0.15, 0.2) is 0 Å². The molecule has 0 aliphatic heterocycles. The number of unbranched alkanes of at least 4 members (excludes halogenated alkanes) is 5. The minimum absolute atomic E-state index is 0.313. The van der Waals surface area contributed by atoms with E-state index in [0.29, 0.717) is 6.42 Å². The number of rotatable bonds is 13. The third-order valence-corrected chi connectivity index (χ3v) is 5.59. The Labute approximate surface area is 155 Å². The maximum absolute atomic E-state index is 10.5. The molecule has 2 rings (SSSR count). The van der Waals surface area contributed by atoms with Crippen LogP contribution in [-0.4, -0.2) is 11.1 Å². The van der Waals surface area contributed by atoms with E-state index in [9.17, 15) is 4.79 Å². The molecule has 0 aliphatic carbocycles. The van der Waals surface area contributed by atoms with Gasteiger partial charge in [0.25, 0.3) is 0 Å². The lowest BCUT2D eigenvalue weighted by molar-refractivity contribution is -0.137. The highest BCUT2D eigenvalue weighted by atomic mass is 32.1. The fourth-order valence-electron chi connectivity index (χ4n) is 3.10. The molecule has 0 bridgehead atoms. The summed E-state index contributed by atoms with van der Waals surface area (Å²) in [5.41, 5.74) is 2.94. The first kappa shape index (κ1) is 19.7. The molecule has 1 aromatic heterocycles. The molecular formula is C22H30O2S. The normalized spacial score (nSPS) is 10.9. The number of thiophene rings is 1. The van der Waals surface area contributed by atoms with Crippen molar-refractivity contribution in [1.29, 1.82) is 0 Å². The molecule has 0 amide bonds. The van der Waals surface area contributed by atoms with Gasteiger partial charge in [0.1, 0.15) is 0 Å². The number of benzene rings is 1. The molecule has 2 nitrogen and oxygen atoms in total. The van der Waals surface area contributed by atoms with Gasteiger partial charge in [0, 0.05) is 11.3 Å². The van der Waals surface area contributed by atoms with Gasteiger partial charge in [0.05, 0.1) is 0 Å². The summed E-state index contributed by atoms with van der Waals surface area (Å²) < 4.78 is 0. The monoisotopic (exact) mass is 358 g/mol. The van der Waals surface area contributed by atoms with E-state index in [0.717, 1.165) is 25.7 Å². The maximum atomic E-state index is 10.5. The number of hydrogen-bond donors (Lipinski definition) is 1. The van der Waals surface area contributed by atoms with Gasteiger partial charge < -0.3 is 5.11 Å². The molecule has 1 heterocycles. The number of aryl methyl sites for hydroxylation is 3. The van der Waals surface area contributed by atoms with Crippen LogP contribution in [-0.2, 0) is 24.1 Å². The van der Waals surface area contributed by atoms with E-state index in [2.05, 4.69) is 41.8 Å². The average Bonchev–Trinajstić information content (AvgIpc) is 3.06. The maximum Gasteiger partial charge on any atom is 0.303 e. The molecule has 136 valence electrons. The summed E-state index contributed by atoms with van der Waals surface area (Å²) in [6.45, 7) is 0. The van der Waals surface area contributed by atoms with Gasteiger partial charge in [0.2, 0.25) is 0 Å². The number of carboxylic acids is 1. The topological polar surface area (TPSA) is 37.3 Å². The van der Waals surface area contributed by atoms with Crippen LogP contribution >= 0.6 is 11.3 Å². The Bertz CT molecular complexity index is 603. The molecular weight excluding hydrogens is 328 g/mol. The van der Waals surface area contributed by atoms with Gasteiger partial charge >= 0.3 is 5.97 Å². The Balaban J connectivity index is 1.51. The van der Waals surface area contributed by atoms with Gasteiger partial charge in [-0.2, -0.15) is 0 Å². The molecule has 0 aliphatic rings. The minimum atomic E-state index is -0.674.